The van der Waals surface area contributed by atoms with E-state index in [1.807, 2.05) is 42.3 Å². The zero-order valence-corrected chi connectivity index (χ0v) is 15.7. The fraction of sp³-hybridized carbons (Fsp3) is 0.294. The number of para-hydroxylation sites is 1. The topological polar surface area (TPSA) is 45.2 Å². The highest BCUT2D eigenvalue weighted by Crippen LogP contribution is 2.22. The number of thiazole rings is 1. The molecule has 0 aliphatic heterocycles. The third-order valence-corrected chi connectivity index (χ3v) is 5.78. The molecular formula is C17H18ClN3OS2. The summed E-state index contributed by atoms with van der Waals surface area (Å²) in [5.41, 5.74) is 1.03. The average molecular weight is 380 g/mol. The first-order valence-corrected chi connectivity index (χ1v) is 9.65. The first-order valence-electron chi connectivity index (χ1n) is 7.64. The van der Waals surface area contributed by atoms with E-state index in [4.69, 9.17) is 11.6 Å². The first-order chi connectivity index (χ1) is 11.6. The molecule has 0 atom stereocenters. The number of halogens is 1. The number of carbonyl (C=O) groups is 1. The molecule has 7 heteroatoms. The molecule has 1 aromatic carbocycles. The maximum atomic E-state index is 12.0. The quantitative estimate of drug-likeness (QED) is 0.679. The van der Waals surface area contributed by atoms with Gasteiger partial charge in [0.05, 0.1) is 26.1 Å². The summed E-state index contributed by atoms with van der Waals surface area (Å²) in [4.78, 5) is 19.7. The molecular weight excluding hydrogens is 362 g/mol. The Kier molecular flexibility index (Phi) is 5.84. The molecule has 0 saturated heterocycles. The molecule has 0 unspecified atom stereocenters. The summed E-state index contributed by atoms with van der Waals surface area (Å²) in [6.45, 7) is 1.70. The van der Waals surface area contributed by atoms with Gasteiger partial charge in [0.1, 0.15) is 0 Å². The zero-order valence-electron chi connectivity index (χ0n) is 13.3. The predicted octanol–water partition coefficient (Wildman–Crippen LogP) is 3.80. The number of thiophene rings is 1. The minimum atomic E-state index is 0.0289. The normalized spacial score (nSPS) is 11.3. The molecule has 2 heterocycles. The average Bonchev–Trinajstić information content (AvgIpc) is 3.12. The van der Waals surface area contributed by atoms with Crippen LogP contribution in [0.15, 0.2) is 36.4 Å². The van der Waals surface area contributed by atoms with Gasteiger partial charge in [0, 0.05) is 24.4 Å². The van der Waals surface area contributed by atoms with Crippen molar-refractivity contribution in [3.05, 3.63) is 50.6 Å². The molecule has 0 saturated carbocycles. The minimum Gasteiger partial charge on any atom is -0.355 e. The molecule has 4 nitrogen and oxygen atoms in total. The first kappa shape index (κ1) is 17.4. The van der Waals surface area contributed by atoms with Crippen LogP contribution in [0.3, 0.4) is 0 Å². The van der Waals surface area contributed by atoms with Gasteiger partial charge in [0.25, 0.3) is 0 Å². The van der Waals surface area contributed by atoms with Crippen molar-refractivity contribution in [1.29, 1.82) is 0 Å². The SMILES string of the molecule is CN(CC(=O)NCCc1nc2ccccc2s1)Cc1ccc(Cl)s1. The van der Waals surface area contributed by atoms with Gasteiger partial charge >= 0.3 is 0 Å². The van der Waals surface area contributed by atoms with Crippen LogP contribution in [0, 0.1) is 0 Å². The second-order valence-corrected chi connectivity index (χ2v) is 8.47. The van der Waals surface area contributed by atoms with Crippen LogP contribution in [0.2, 0.25) is 4.34 Å². The Morgan fingerprint density at radius 3 is 2.83 bits per heavy atom. The zero-order chi connectivity index (χ0) is 16.9. The van der Waals surface area contributed by atoms with Crippen LogP contribution in [0.4, 0.5) is 0 Å². The van der Waals surface area contributed by atoms with Gasteiger partial charge in [0.15, 0.2) is 0 Å². The standard InChI is InChI=1S/C17H18ClN3OS2/c1-21(10-12-6-7-15(18)23-12)11-16(22)19-9-8-17-20-13-4-2-3-5-14(13)24-17/h2-7H,8-11H2,1H3,(H,19,22). The lowest BCUT2D eigenvalue weighted by Crippen LogP contribution is -2.35. The van der Waals surface area contributed by atoms with Gasteiger partial charge in [-0.15, -0.1) is 22.7 Å². The molecule has 1 N–H and O–H groups in total. The molecule has 0 aliphatic rings. The van der Waals surface area contributed by atoms with E-state index in [9.17, 15) is 4.79 Å². The number of aromatic nitrogens is 1. The van der Waals surface area contributed by atoms with Crippen LogP contribution in [0.1, 0.15) is 9.88 Å². The maximum absolute atomic E-state index is 12.0. The summed E-state index contributed by atoms with van der Waals surface area (Å²) < 4.78 is 1.96. The van der Waals surface area contributed by atoms with Crippen LogP contribution in [0.25, 0.3) is 10.2 Å². The van der Waals surface area contributed by atoms with Gasteiger partial charge in [-0.2, -0.15) is 0 Å². The Bertz CT molecular complexity index is 797. The van der Waals surface area contributed by atoms with E-state index >= 15 is 0 Å². The lowest BCUT2D eigenvalue weighted by atomic mass is 10.3. The highest BCUT2D eigenvalue weighted by atomic mass is 35.5. The van der Waals surface area contributed by atoms with E-state index in [2.05, 4.69) is 16.4 Å². The van der Waals surface area contributed by atoms with Gasteiger partial charge in [0.2, 0.25) is 5.91 Å². The van der Waals surface area contributed by atoms with Crippen LogP contribution in [-0.4, -0.2) is 35.9 Å². The Balaban J connectivity index is 1.42. The number of rotatable bonds is 7. The fourth-order valence-electron chi connectivity index (χ4n) is 2.40. The lowest BCUT2D eigenvalue weighted by molar-refractivity contribution is -0.122. The minimum absolute atomic E-state index is 0.0289. The summed E-state index contributed by atoms with van der Waals surface area (Å²) in [6, 6.07) is 12.0. The number of benzene rings is 1. The lowest BCUT2D eigenvalue weighted by Gasteiger charge is -2.15. The van der Waals surface area contributed by atoms with E-state index < -0.39 is 0 Å². The number of likely N-dealkylation sites (N-methyl/N-ethyl adjacent to an activating group) is 1. The molecule has 0 spiro atoms. The second kappa shape index (κ2) is 8.07. The molecule has 0 fully saturated rings. The molecule has 3 rings (SSSR count). The van der Waals surface area contributed by atoms with Crippen molar-refractivity contribution < 1.29 is 4.79 Å². The van der Waals surface area contributed by atoms with Crippen molar-refractivity contribution in [1.82, 2.24) is 15.2 Å². The van der Waals surface area contributed by atoms with Gasteiger partial charge in [-0.1, -0.05) is 23.7 Å². The molecule has 0 radical (unpaired) electrons. The number of amides is 1. The smallest absolute Gasteiger partial charge is 0.234 e. The second-order valence-electron chi connectivity index (χ2n) is 5.55. The van der Waals surface area contributed by atoms with Gasteiger partial charge < -0.3 is 5.32 Å². The van der Waals surface area contributed by atoms with Crippen molar-refractivity contribution in [2.24, 2.45) is 0 Å². The molecule has 126 valence electrons. The van der Waals surface area contributed by atoms with Crippen molar-refractivity contribution in [2.75, 3.05) is 20.1 Å². The van der Waals surface area contributed by atoms with E-state index in [0.29, 0.717) is 13.1 Å². The summed E-state index contributed by atoms with van der Waals surface area (Å²) >= 11 is 9.15. The third-order valence-electron chi connectivity index (χ3n) is 3.47. The number of carbonyl (C=O) groups excluding carboxylic acids is 1. The molecule has 2 aromatic heterocycles. The number of fused-ring (bicyclic) bond motifs is 1. The van der Waals surface area contributed by atoms with E-state index in [-0.39, 0.29) is 5.91 Å². The number of nitrogens with zero attached hydrogens (tertiary/aromatic N) is 2. The molecule has 1 amide bonds. The van der Waals surface area contributed by atoms with Gasteiger partial charge in [-0.05, 0) is 31.3 Å². The molecule has 24 heavy (non-hydrogen) atoms. The highest BCUT2D eigenvalue weighted by molar-refractivity contribution is 7.18. The Morgan fingerprint density at radius 2 is 2.08 bits per heavy atom. The summed E-state index contributed by atoms with van der Waals surface area (Å²) in [5.74, 6) is 0.0289. The van der Waals surface area contributed by atoms with Crippen molar-refractivity contribution in [3.63, 3.8) is 0 Å². The Hall–Kier alpha value is -1.47. The molecule has 0 aliphatic carbocycles. The summed E-state index contributed by atoms with van der Waals surface area (Å²) in [6.07, 6.45) is 0.759. The van der Waals surface area contributed by atoms with Crippen molar-refractivity contribution in [3.8, 4) is 0 Å². The van der Waals surface area contributed by atoms with Crippen LogP contribution < -0.4 is 5.32 Å². The van der Waals surface area contributed by atoms with Crippen LogP contribution >= 0.6 is 34.3 Å². The van der Waals surface area contributed by atoms with Crippen LogP contribution in [0.5, 0.6) is 0 Å². The summed E-state index contributed by atoms with van der Waals surface area (Å²) in [5, 5.41) is 4.01. The van der Waals surface area contributed by atoms with Crippen molar-refractivity contribution >= 4 is 50.4 Å². The van der Waals surface area contributed by atoms with Crippen molar-refractivity contribution in [2.45, 2.75) is 13.0 Å². The fourth-order valence-corrected chi connectivity index (χ4v) is 4.53. The number of hydrogen-bond acceptors (Lipinski definition) is 5. The van der Waals surface area contributed by atoms with E-state index in [1.165, 1.54) is 4.70 Å². The largest absolute Gasteiger partial charge is 0.355 e. The van der Waals surface area contributed by atoms with Crippen LogP contribution in [-0.2, 0) is 17.8 Å². The maximum Gasteiger partial charge on any atom is 0.234 e. The third kappa shape index (κ3) is 4.77. The highest BCUT2D eigenvalue weighted by Gasteiger charge is 2.09. The molecule has 0 bridgehead atoms. The van der Waals surface area contributed by atoms with Gasteiger partial charge in [-0.3, -0.25) is 9.69 Å². The predicted molar refractivity (Wildman–Crippen MR) is 102 cm³/mol. The number of nitrogens with one attached hydrogen (secondary N) is 1. The molecule has 3 aromatic rings. The monoisotopic (exact) mass is 379 g/mol. The van der Waals surface area contributed by atoms with E-state index in [1.54, 1.807) is 22.7 Å². The Labute approximate surface area is 154 Å². The van der Waals surface area contributed by atoms with Gasteiger partial charge in [-0.25, -0.2) is 4.98 Å². The van der Waals surface area contributed by atoms with E-state index in [0.717, 1.165) is 32.7 Å². The summed E-state index contributed by atoms with van der Waals surface area (Å²) in [7, 11) is 1.93. The Morgan fingerprint density at radius 1 is 1.25 bits per heavy atom. The number of hydrogen-bond donors (Lipinski definition) is 1.